The molecule has 0 bridgehead atoms. The summed E-state index contributed by atoms with van der Waals surface area (Å²) in [5.41, 5.74) is 7.12. The van der Waals surface area contributed by atoms with E-state index in [2.05, 4.69) is 4.72 Å². The summed E-state index contributed by atoms with van der Waals surface area (Å²) < 4.78 is 87.5. The van der Waals surface area contributed by atoms with Crippen molar-refractivity contribution in [2.45, 2.75) is 110 Å². The van der Waals surface area contributed by atoms with Crippen LogP contribution in [0.1, 0.15) is 82.7 Å². The van der Waals surface area contributed by atoms with Gasteiger partial charge in [-0.05, 0) is 121 Å². The van der Waals surface area contributed by atoms with E-state index >= 15 is 0 Å². The summed E-state index contributed by atoms with van der Waals surface area (Å²) >= 11 is 0. The average Bonchev–Trinajstić information content (AvgIpc) is 2.93. The number of hydrogen-bond donors (Lipinski definition) is 1. The van der Waals surface area contributed by atoms with Crippen molar-refractivity contribution in [3.05, 3.63) is 86.5 Å². The highest BCUT2D eigenvalue weighted by Gasteiger charge is 2.29. The van der Waals surface area contributed by atoms with E-state index in [4.69, 9.17) is 0 Å². The first-order valence-electron chi connectivity index (χ1n) is 17.0. The monoisotopic (exact) mass is 733 g/mol. The van der Waals surface area contributed by atoms with Gasteiger partial charge in [0.25, 0.3) is 0 Å². The minimum atomic E-state index is -3.88. The molecule has 0 spiro atoms. The predicted octanol–water partition coefficient (Wildman–Crippen LogP) is 6.70. The molecule has 0 aromatic heterocycles. The number of aryl methyl sites for hydroxylation is 9. The van der Waals surface area contributed by atoms with Crippen molar-refractivity contribution in [3.63, 3.8) is 0 Å². The molecule has 0 atom stereocenters. The van der Waals surface area contributed by atoms with Crippen LogP contribution in [0, 0.1) is 62.3 Å². The zero-order valence-corrected chi connectivity index (χ0v) is 33.3. The molecule has 12 heteroatoms. The van der Waals surface area contributed by atoms with E-state index in [9.17, 15) is 25.3 Å². The second-order valence-corrected chi connectivity index (χ2v) is 18.8. The molecule has 9 nitrogen and oxygen atoms in total. The quantitative estimate of drug-likeness (QED) is 0.154. The first-order valence-corrected chi connectivity index (χ1v) is 21.3. The third-order valence-corrected chi connectivity index (χ3v) is 15.1. The molecule has 0 saturated heterocycles. The molecule has 0 saturated carbocycles. The maximum Gasteiger partial charge on any atom is 0.243 e. The van der Waals surface area contributed by atoms with E-state index in [1.54, 1.807) is 27.7 Å². The number of unbranched alkanes of at least 4 members (excludes halogenated alkanes) is 2. The lowest BCUT2D eigenvalue weighted by Crippen LogP contribution is -2.36. The van der Waals surface area contributed by atoms with Crippen molar-refractivity contribution < 1.29 is 25.3 Å². The number of nitrogens with zero attached hydrogens (tertiary/aromatic N) is 2. The molecule has 0 aliphatic heterocycles. The van der Waals surface area contributed by atoms with Gasteiger partial charge >= 0.3 is 0 Å². The van der Waals surface area contributed by atoms with Crippen molar-refractivity contribution in [2.75, 3.05) is 32.7 Å². The van der Waals surface area contributed by atoms with Crippen LogP contribution in [0.25, 0.3) is 0 Å². The molecule has 49 heavy (non-hydrogen) atoms. The van der Waals surface area contributed by atoms with Gasteiger partial charge in [-0.15, -0.1) is 0 Å². The van der Waals surface area contributed by atoms with Gasteiger partial charge in [-0.25, -0.2) is 30.0 Å². The van der Waals surface area contributed by atoms with Crippen LogP contribution >= 0.6 is 0 Å². The van der Waals surface area contributed by atoms with Gasteiger partial charge < -0.3 is 0 Å². The van der Waals surface area contributed by atoms with Crippen LogP contribution in [0.3, 0.4) is 0 Å². The van der Waals surface area contributed by atoms with Crippen molar-refractivity contribution in [1.82, 2.24) is 13.3 Å². The molecule has 3 rings (SSSR count). The second-order valence-electron chi connectivity index (χ2n) is 13.4. The lowest BCUT2D eigenvalue weighted by atomic mass is 10.1. The average molecular weight is 734 g/mol. The topological polar surface area (TPSA) is 121 Å². The Morgan fingerprint density at radius 3 is 1.14 bits per heavy atom. The number of benzene rings is 3. The molecule has 3 aromatic carbocycles. The Hall–Kier alpha value is -2.61. The maximum absolute atomic E-state index is 14.1. The Balaban J connectivity index is 1.74. The fraction of sp³-hybridized carbons (Fsp3) is 0.514. The predicted molar refractivity (Wildman–Crippen MR) is 199 cm³/mol. The molecule has 3 aromatic rings. The molecule has 1 N–H and O–H groups in total. The zero-order chi connectivity index (χ0) is 36.9. The zero-order valence-electron chi connectivity index (χ0n) is 30.9. The highest BCUT2D eigenvalue weighted by molar-refractivity contribution is 7.90. The summed E-state index contributed by atoms with van der Waals surface area (Å²) in [6.07, 6.45) is 1.82. The fourth-order valence-electron chi connectivity index (χ4n) is 7.06. The Morgan fingerprint density at radius 2 is 0.776 bits per heavy atom. The number of sulfonamides is 3. The summed E-state index contributed by atoms with van der Waals surface area (Å²) in [6.45, 7) is 19.6. The second kappa shape index (κ2) is 16.6. The van der Waals surface area contributed by atoms with Crippen LogP contribution in [0.4, 0.5) is 0 Å². The third-order valence-electron chi connectivity index (χ3n) is 8.82. The SMILES string of the molecule is CCN(CCCCN(CCCCNS(=O)(=O)c1c(C)cc(C)cc1C)S(=O)(=O)c1c(C)cc(C)cc1C)S(=O)(=O)c1c(C)cc(C)cc1C. The molecular formula is C37H55N3O6S3. The lowest BCUT2D eigenvalue weighted by molar-refractivity contribution is 0.368. The van der Waals surface area contributed by atoms with Gasteiger partial charge in [0.1, 0.15) is 0 Å². The van der Waals surface area contributed by atoms with Gasteiger partial charge in [0.05, 0.1) is 14.7 Å². The van der Waals surface area contributed by atoms with Crippen LogP contribution in [-0.4, -0.2) is 66.6 Å². The molecule has 0 aliphatic rings. The summed E-state index contributed by atoms with van der Waals surface area (Å²) in [5, 5.41) is 0. The van der Waals surface area contributed by atoms with Crippen LogP contribution in [0.5, 0.6) is 0 Å². The van der Waals surface area contributed by atoms with Crippen LogP contribution in [0.2, 0.25) is 0 Å². The standard InChI is InChI=1S/C37H55N3O6S3/c1-11-39(48(43,44)36-31(7)22-27(3)23-32(36)8)17-14-15-19-40(49(45,46)37-33(9)24-28(4)25-34(37)10)18-13-12-16-38-47(41,42)35-29(5)20-26(2)21-30(35)6/h20-25,38H,11-19H2,1-10H3. The minimum Gasteiger partial charge on any atom is -0.211 e. The Labute approximate surface area is 296 Å². The molecule has 0 heterocycles. The minimum absolute atomic E-state index is 0.173. The highest BCUT2D eigenvalue weighted by Crippen LogP contribution is 2.28. The summed E-state index contributed by atoms with van der Waals surface area (Å²) in [5.74, 6) is 0. The number of hydrogen-bond acceptors (Lipinski definition) is 6. The van der Waals surface area contributed by atoms with Crippen LogP contribution in [-0.2, 0) is 30.1 Å². The molecule has 0 amide bonds. The van der Waals surface area contributed by atoms with Gasteiger partial charge in [0.2, 0.25) is 30.1 Å². The first kappa shape index (κ1) is 40.8. The van der Waals surface area contributed by atoms with Gasteiger partial charge in [-0.3, -0.25) is 0 Å². The summed E-state index contributed by atoms with van der Waals surface area (Å²) in [4.78, 5) is 0.897. The number of rotatable bonds is 17. The first-order chi connectivity index (χ1) is 22.7. The van der Waals surface area contributed by atoms with Gasteiger partial charge in [-0.1, -0.05) is 60.0 Å². The van der Waals surface area contributed by atoms with E-state index in [0.29, 0.717) is 70.5 Å². The van der Waals surface area contributed by atoms with Crippen molar-refractivity contribution in [2.24, 2.45) is 0 Å². The van der Waals surface area contributed by atoms with E-state index in [-0.39, 0.29) is 36.0 Å². The molecular weight excluding hydrogens is 679 g/mol. The summed E-state index contributed by atoms with van der Waals surface area (Å²) in [7, 11) is -11.3. The van der Waals surface area contributed by atoms with E-state index in [0.717, 1.165) is 16.7 Å². The van der Waals surface area contributed by atoms with E-state index in [1.165, 1.54) is 8.61 Å². The molecule has 0 aliphatic carbocycles. The van der Waals surface area contributed by atoms with E-state index in [1.807, 2.05) is 77.9 Å². The largest absolute Gasteiger partial charge is 0.243 e. The maximum atomic E-state index is 14.1. The Bertz CT molecular complexity index is 1920. The molecule has 272 valence electrons. The van der Waals surface area contributed by atoms with Crippen molar-refractivity contribution >= 4 is 30.1 Å². The summed E-state index contributed by atoms with van der Waals surface area (Å²) in [6, 6.07) is 11.2. The molecule has 0 unspecified atom stereocenters. The smallest absolute Gasteiger partial charge is 0.211 e. The van der Waals surface area contributed by atoms with Crippen molar-refractivity contribution in [1.29, 1.82) is 0 Å². The number of nitrogens with one attached hydrogen (secondary N) is 1. The Kier molecular flexibility index (Phi) is 13.8. The lowest BCUT2D eigenvalue weighted by Gasteiger charge is -2.26. The van der Waals surface area contributed by atoms with Crippen LogP contribution in [0.15, 0.2) is 51.1 Å². The van der Waals surface area contributed by atoms with Gasteiger partial charge in [0, 0.05) is 32.7 Å². The Morgan fingerprint density at radius 1 is 0.469 bits per heavy atom. The fourth-order valence-corrected chi connectivity index (χ4v) is 12.4. The van der Waals surface area contributed by atoms with Gasteiger partial charge in [0.15, 0.2) is 0 Å². The molecule has 0 fully saturated rings. The van der Waals surface area contributed by atoms with E-state index < -0.39 is 30.1 Å². The molecule has 0 radical (unpaired) electrons. The van der Waals surface area contributed by atoms with Crippen molar-refractivity contribution in [3.8, 4) is 0 Å². The van der Waals surface area contributed by atoms with Crippen LogP contribution < -0.4 is 4.72 Å². The third kappa shape index (κ3) is 9.80. The van der Waals surface area contributed by atoms with Gasteiger partial charge in [-0.2, -0.15) is 8.61 Å². The highest BCUT2D eigenvalue weighted by atomic mass is 32.2. The normalized spacial score (nSPS) is 12.7.